The number of anilines is 1. The largest absolute Gasteiger partial charge is 0.355 e. The number of rotatable bonds is 4. The van der Waals surface area contributed by atoms with E-state index in [4.69, 9.17) is 0 Å². The first-order chi connectivity index (χ1) is 13.0. The van der Waals surface area contributed by atoms with Gasteiger partial charge < -0.3 is 4.90 Å². The van der Waals surface area contributed by atoms with Crippen molar-refractivity contribution in [2.24, 2.45) is 23.2 Å². The first-order valence-electron chi connectivity index (χ1n) is 11.7. The van der Waals surface area contributed by atoms with Crippen molar-refractivity contribution in [2.45, 2.75) is 105 Å². The minimum Gasteiger partial charge on any atom is -0.355 e. The molecule has 1 spiro atoms. The van der Waals surface area contributed by atoms with Crippen molar-refractivity contribution in [3.8, 4) is 0 Å². The van der Waals surface area contributed by atoms with E-state index < -0.39 is 0 Å². The number of benzene rings is 1. The quantitative estimate of drug-likeness (QED) is 0.510. The molecular weight excluding hydrogens is 338 g/mol. The molecule has 2 fully saturated rings. The van der Waals surface area contributed by atoms with Crippen molar-refractivity contribution in [3.05, 3.63) is 35.9 Å². The Labute approximate surface area is 175 Å². The fourth-order valence-corrected chi connectivity index (χ4v) is 6.31. The van der Waals surface area contributed by atoms with Crippen LogP contribution in [-0.2, 0) is 0 Å². The van der Waals surface area contributed by atoms with Crippen LogP contribution in [0.5, 0.6) is 0 Å². The smallest absolute Gasteiger partial charge is 0.0989 e. The van der Waals surface area contributed by atoms with Gasteiger partial charge in [0.1, 0.15) is 0 Å². The predicted octanol–water partition coefficient (Wildman–Crippen LogP) is 8.04. The highest BCUT2D eigenvalue weighted by Gasteiger charge is 2.56. The first kappa shape index (κ1) is 21.7. The van der Waals surface area contributed by atoms with Crippen LogP contribution in [0.15, 0.2) is 18.2 Å². The summed E-state index contributed by atoms with van der Waals surface area (Å²) >= 11 is 0. The Morgan fingerprint density at radius 3 is 2.04 bits per heavy atom. The van der Waals surface area contributed by atoms with E-state index in [9.17, 15) is 0 Å². The lowest BCUT2D eigenvalue weighted by Crippen LogP contribution is -2.39. The van der Waals surface area contributed by atoms with Gasteiger partial charge in [0.25, 0.3) is 0 Å². The Morgan fingerprint density at radius 1 is 0.964 bits per heavy atom. The zero-order valence-electron chi connectivity index (χ0n) is 19.9. The van der Waals surface area contributed by atoms with Gasteiger partial charge in [-0.05, 0) is 73.8 Å². The van der Waals surface area contributed by atoms with Gasteiger partial charge in [-0.1, -0.05) is 73.1 Å². The van der Waals surface area contributed by atoms with Crippen molar-refractivity contribution in [1.82, 2.24) is 0 Å². The Morgan fingerprint density at radius 2 is 1.54 bits per heavy atom. The van der Waals surface area contributed by atoms with Crippen LogP contribution in [0, 0.1) is 29.7 Å². The molecule has 1 saturated heterocycles. The normalized spacial score (nSPS) is 30.2. The van der Waals surface area contributed by atoms with Gasteiger partial charge in [0, 0.05) is 16.6 Å². The van der Waals surface area contributed by atoms with E-state index in [2.05, 4.69) is 92.0 Å². The molecule has 1 aromatic carbocycles. The van der Waals surface area contributed by atoms with Gasteiger partial charge in [-0.15, -0.1) is 0 Å². The summed E-state index contributed by atoms with van der Waals surface area (Å²) in [6.45, 7) is 25.8. The van der Waals surface area contributed by atoms with Gasteiger partial charge in [0.2, 0.25) is 0 Å². The second kappa shape index (κ2) is 7.69. The summed E-state index contributed by atoms with van der Waals surface area (Å²) in [5, 5.41) is 0. The third-order valence-corrected chi connectivity index (χ3v) is 7.45. The van der Waals surface area contributed by atoms with Crippen molar-refractivity contribution in [3.63, 3.8) is 0 Å². The van der Waals surface area contributed by atoms with Gasteiger partial charge >= 0.3 is 0 Å². The van der Waals surface area contributed by atoms with Crippen LogP contribution in [0.1, 0.15) is 111 Å². The molecule has 2 aliphatic rings. The maximum absolute atomic E-state index is 4.20. The van der Waals surface area contributed by atoms with Gasteiger partial charge in [0.05, 0.1) is 6.54 Å². The molecule has 0 bridgehead atoms. The van der Waals surface area contributed by atoms with E-state index in [1.807, 2.05) is 0 Å². The Kier molecular flexibility index (Phi) is 5.97. The maximum Gasteiger partial charge on any atom is 0.0989 e. The van der Waals surface area contributed by atoms with Crippen LogP contribution >= 0.6 is 0 Å². The summed E-state index contributed by atoms with van der Waals surface area (Å²) in [7, 11) is 0. The average molecular weight is 382 g/mol. The lowest BCUT2D eigenvalue weighted by Gasteiger charge is -2.45. The highest BCUT2D eigenvalue weighted by molar-refractivity contribution is 5.66. The molecule has 3 atom stereocenters. The van der Waals surface area contributed by atoms with E-state index in [-0.39, 0.29) is 11.0 Å². The molecule has 0 amide bonds. The Balaban J connectivity index is 2.11. The second-order valence-corrected chi connectivity index (χ2v) is 11.4. The van der Waals surface area contributed by atoms with Gasteiger partial charge in [-0.25, -0.2) is 0 Å². The molecule has 1 aliphatic carbocycles. The molecule has 0 aromatic heterocycles. The minimum atomic E-state index is 0.110. The van der Waals surface area contributed by atoms with E-state index >= 15 is 0 Å². The number of hydrogen-bond acceptors (Lipinski definition) is 1. The van der Waals surface area contributed by atoms with E-state index in [0.717, 1.165) is 17.8 Å². The van der Waals surface area contributed by atoms with Gasteiger partial charge in [0.15, 0.2) is 0 Å². The second-order valence-electron chi connectivity index (χ2n) is 11.4. The van der Waals surface area contributed by atoms with Crippen LogP contribution in [-0.4, -0.2) is 5.54 Å². The fraction of sp³-hybridized carbons (Fsp3) is 0.741. The lowest BCUT2D eigenvalue weighted by molar-refractivity contribution is 0.0611. The minimum absolute atomic E-state index is 0.110. The number of nitrogens with zero attached hydrogens (tertiary/aromatic N) is 1. The third-order valence-electron chi connectivity index (χ3n) is 7.45. The Hall–Kier alpha value is -0.980. The summed E-state index contributed by atoms with van der Waals surface area (Å²) in [6.07, 6.45) is 5.28. The van der Waals surface area contributed by atoms with Crippen LogP contribution in [0.4, 0.5) is 5.69 Å². The highest BCUT2D eigenvalue weighted by atomic mass is 15.2. The molecular formula is C27H43N. The standard InChI is InChI=1S/C27H43N/c1-18(2)22-11-10-12-23(19(3)4)25(22)28-17-27(16-26(28,8)9)15-21(7)13-14-24(27)20(5)6/h10-12,18-21,24H,13-16H2,1-9H3/t21-,24-,27+/m1/s1. The zero-order valence-corrected chi connectivity index (χ0v) is 19.9. The summed E-state index contributed by atoms with van der Waals surface area (Å²) in [5.41, 5.74) is 4.75. The maximum atomic E-state index is 4.20. The molecule has 0 N–H and O–H groups in total. The average Bonchev–Trinajstić information content (AvgIpc) is 2.83. The Bertz CT molecular complexity index is 657. The van der Waals surface area contributed by atoms with E-state index in [1.54, 1.807) is 0 Å². The van der Waals surface area contributed by atoms with Crippen LogP contribution in [0.2, 0.25) is 0 Å². The molecule has 2 radical (unpaired) electrons. The molecule has 1 aromatic rings. The lowest BCUT2D eigenvalue weighted by atomic mass is 9.58. The number of para-hydroxylation sites is 1. The molecule has 1 nitrogen and oxygen atoms in total. The van der Waals surface area contributed by atoms with E-state index in [1.165, 1.54) is 42.5 Å². The van der Waals surface area contributed by atoms with Crippen LogP contribution in [0.3, 0.4) is 0 Å². The topological polar surface area (TPSA) is 3.24 Å². The van der Waals surface area contributed by atoms with Crippen molar-refractivity contribution in [1.29, 1.82) is 0 Å². The number of hydrogen-bond donors (Lipinski definition) is 0. The monoisotopic (exact) mass is 381 g/mol. The third kappa shape index (κ3) is 3.75. The van der Waals surface area contributed by atoms with Crippen molar-refractivity contribution in [2.75, 3.05) is 4.90 Å². The zero-order chi connectivity index (χ0) is 20.9. The summed E-state index contributed by atoms with van der Waals surface area (Å²) in [4.78, 5) is 2.60. The first-order valence-corrected chi connectivity index (χ1v) is 11.7. The molecule has 1 saturated carbocycles. The van der Waals surface area contributed by atoms with Crippen molar-refractivity contribution >= 4 is 5.69 Å². The molecule has 156 valence electrons. The SMILES string of the molecule is CC(C)c1cccc(C(C)C)c1N1[C][C@]2(C[C@H](C)CC[C@@H]2C(C)C)CC1(C)C. The fourth-order valence-electron chi connectivity index (χ4n) is 6.31. The van der Waals surface area contributed by atoms with Crippen LogP contribution < -0.4 is 4.90 Å². The van der Waals surface area contributed by atoms with Crippen LogP contribution in [0.25, 0.3) is 0 Å². The summed E-state index contributed by atoms with van der Waals surface area (Å²) in [6, 6.07) is 6.95. The van der Waals surface area contributed by atoms with Gasteiger partial charge in [-0.2, -0.15) is 0 Å². The van der Waals surface area contributed by atoms with Gasteiger partial charge in [-0.3, -0.25) is 0 Å². The molecule has 3 rings (SSSR count). The molecule has 1 heterocycles. The van der Waals surface area contributed by atoms with E-state index in [0.29, 0.717) is 11.8 Å². The molecule has 1 aliphatic heterocycles. The summed E-state index contributed by atoms with van der Waals surface area (Å²) < 4.78 is 0. The highest BCUT2D eigenvalue weighted by Crippen LogP contribution is 2.60. The van der Waals surface area contributed by atoms with Crippen molar-refractivity contribution < 1.29 is 0 Å². The predicted molar refractivity (Wildman–Crippen MR) is 123 cm³/mol. The molecule has 1 heteroatoms. The molecule has 28 heavy (non-hydrogen) atoms. The summed E-state index contributed by atoms with van der Waals surface area (Å²) in [5.74, 6) is 3.33. The molecule has 0 unspecified atom stereocenters.